The number of hydrogen-bond acceptors (Lipinski definition) is 2. The van der Waals surface area contributed by atoms with E-state index in [1.54, 1.807) is 0 Å². The van der Waals surface area contributed by atoms with Gasteiger partial charge in [-0.1, -0.05) is 22.0 Å². The largest absolute Gasteiger partial charge is 0.319 e. The number of nitrogens with zero attached hydrogens (tertiary/aromatic N) is 2. The second-order valence-corrected chi connectivity index (χ2v) is 6.66. The first-order chi connectivity index (χ1) is 8.91. The third-order valence-corrected chi connectivity index (χ3v) is 4.25. The van der Waals surface area contributed by atoms with Gasteiger partial charge in [-0.3, -0.25) is 4.68 Å². The highest BCUT2D eigenvalue weighted by Crippen LogP contribution is 2.31. The summed E-state index contributed by atoms with van der Waals surface area (Å²) in [5, 5.41) is 4.39. The van der Waals surface area contributed by atoms with Crippen molar-refractivity contribution >= 4 is 31.9 Å². The summed E-state index contributed by atoms with van der Waals surface area (Å²) in [6.45, 7) is 6.28. The van der Waals surface area contributed by atoms with Crippen molar-refractivity contribution in [1.82, 2.24) is 9.78 Å². The summed E-state index contributed by atoms with van der Waals surface area (Å²) in [6.07, 6.45) is 1.81. The zero-order chi connectivity index (χ0) is 14.2. The summed E-state index contributed by atoms with van der Waals surface area (Å²) in [5.41, 5.74) is 9.76. The molecule has 2 rings (SSSR count). The molecule has 1 aromatic heterocycles. The molecule has 102 valence electrons. The van der Waals surface area contributed by atoms with Gasteiger partial charge in [-0.2, -0.15) is 5.10 Å². The maximum Gasteiger partial charge on any atom is 0.0742 e. The van der Waals surface area contributed by atoms with Crippen LogP contribution in [0.3, 0.4) is 0 Å². The molecule has 1 atom stereocenters. The smallest absolute Gasteiger partial charge is 0.0742 e. The zero-order valence-corrected chi connectivity index (χ0v) is 14.4. The maximum atomic E-state index is 6.46. The first-order valence-corrected chi connectivity index (χ1v) is 7.75. The van der Waals surface area contributed by atoms with Crippen LogP contribution in [0, 0.1) is 6.92 Å². The van der Waals surface area contributed by atoms with Gasteiger partial charge < -0.3 is 5.73 Å². The van der Waals surface area contributed by atoms with Gasteiger partial charge in [0.1, 0.15) is 0 Å². The lowest BCUT2D eigenvalue weighted by Gasteiger charge is -2.19. The van der Waals surface area contributed by atoms with Gasteiger partial charge in [-0.25, -0.2) is 0 Å². The fraction of sp³-hybridized carbons (Fsp3) is 0.357. The molecule has 1 unspecified atom stereocenters. The van der Waals surface area contributed by atoms with Crippen molar-refractivity contribution in [3.05, 3.63) is 50.2 Å². The number of rotatable bonds is 3. The lowest BCUT2D eigenvalue weighted by molar-refractivity contribution is 0.498. The third kappa shape index (κ3) is 2.93. The lowest BCUT2D eigenvalue weighted by atomic mass is 9.99. The van der Waals surface area contributed by atoms with E-state index in [1.165, 1.54) is 5.56 Å². The monoisotopic (exact) mass is 385 g/mol. The van der Waals surface area contributed by atoms with Crippen molar-refractivity contribution < 1.29 is 0 Å². The van der Waals surface area contributed by atoms with Crippen LogP contribution >= 0.6 is 31.9 Å². The average Bonchev–Trinajstić information content (AvgIpc) is 2.73. The number of aromatic nitrogens is 2. The molecule has 0 aliphatic rings. The van der Waals surface area contributed by atoms with Crippen LogP contribution in [-0.2, 0) is 0 Å². The van der Waals surface area contributed by atoms with E-state index in [0.29, 0.717) is 0 Å². The summed E-state index contributed by atoms with van der Waals surface area (Å²) in [5.74, 6) is 0. The number of hydrogen-bond donors (Lipinski definition) is 1. The minimum Gasteiger partial charge on any atom is -0.319 e. The molecular weight excluding hydrogens is 370 g/mol. The average molecular weight is 387 g/mol. The van der Waals surface area contributed by atoms with Gasteiger partial charge in [-0.15, -0.1) is 0 Å². The minimum atomic E-state index is -0.197. The standard InChI is InChI=1S/C14H17Br2N3/c1-8(2)19-14(12(16)7-18-19)13(17)11-6-10(15)5-4-9(11)3/h4-8,13H,17H2,1-3H3. The van der Waals surface area contributed by atoms with Crippen molar-refractivity contribution in [1.29, 1.82) is 0 Å². The summed E-state index contributed by atoms with van der Waals surface area (Å²) >= 11 is 7.06. The molecule has 2 N–H and O–H groups in total. The Morgan fingerprint density at radius 3 is 2.58 bits per heavy atom. The van der Waals surface area contributed by atoms with Crippen molar-refractivity contribution in [3.8, 4) is 0 Å². The Morgan fingerprint density at radius 1 is 1.26 bits per heavy atom. The summed E-state index contributed by atoms with van der Waals surface area (Å²) in [7, 11) is 0. The van der Waals surface area contributed by atoms with E-state index >= 15 is 0 Å². The Morgan fingerprint density at radius 2 is 1.95 bits per heavy atom. The van der Waals surface area contributed by atoms with E-state index < -0.39 is 0 Å². The Balaban J connectivity index is 2.52. The highest BCUT2D eigenvalue weighted by molar-refractivity contribution is 9.10. The first-order valence-electron chi connectivity index (χ1n) is 6.16. The predicted molar refractivity (Wildman–Crippen MR) is 85.2 cm³/mol. The van der Waals surface area contributed by atoms with Gasteiger partial charge >= 0.3 is 0 Å². The Kier molecular flexibility index (Phi) is 4.48. The van der Waals surface area contributed by atoms with Gasteiger partial charge in [0.25, 0.3) is 0 Å². The van der Waals surface area contributed by atoms with Crippen LogP contribution in [0.2, 0.25) is 0 Å². The lowest BCUT2D eigenvalue weighted by Crippen LogP contribution is -2.20. The molecule has 0 fully saturated rings. The summed E-state index contributed by atoms with van der Waals surface area (Å²) in [4.78, 5) is 0. The topological polar surface area (TPSA) is 43.8 Å². The SMILES string of the molecule is Cc1ccc(Br)cc1C(N)c1c(Br)cnn1C(C)C. The van der Waals surface area contributed by atoms with Crippen molar-refractivity contribution in [2.45, 2.75) is 32.9 Å². The second-order valence-electron chi connectivity index (χ2n) is 4.89. The van der Waals surface area contributed by atoms with E-state index in [2.05, 4.69) is 69.9 Å². The number of aryl methyl sites for hydroxylation is 1. The van der Waals surface area contributed by atoms with E-state index in [1.807, 2.05) is 16.9 Å². The molecule has 0 bridgehead atoms. The fourth-order valence-corrected chi connectivity index (χ4v) is 3.05. The molecule has 5 heteroatoms. The molecule has 3 nitrogen and oxygen atoms in total. The molecule has 0 amide bonds. The molecule has 0 aliphatic carbocycles. The highest BCUT2D eigenvalue weighted by Gasteiger charge is 2.21. The predicted octanol–water partition coefficient (Wildman–Crippen LogP) is 4.35. The van der Waals surface area contributed by atoms with Crippen molar-refractivity contribution in [3.63, 3.8) is 0 Å². The normalized spacial score (nSPS) is 13.0. The van der Waals surface area contributed by atoms with E-state index in [4.69, 9.17) is 5.73 Å². The van der Waals surface area contributed by atoms with Gasteiger partial charge in [0, 0.05) is 10.5 Å². The van der Waals surface area contributed by atoms with Crippen LogP contribution in [0.5, 0.6) is 0 Å². The van der Waals surface area contributed by atoms with Gasteiger partial charge in [0.05, 0.1) is 22.4 Å². The number of nitrogens with two attached hydrogens (primary N) is 1. The van der Waals surface area contributed by atoms with Gasteiger partial charge in [-0.05, 0) is 60.0 Å². The molecule has 0 saturated carbocycles. The Labute approximate surface area is 130 Å². The highest BCUT2D eigenvalue weighted by atomic mass is 79.9. The molecule has 19 heavy (non-hydrogen) atoms. The molecule has 0 radical (unpaired) electrons. The van der Waals surface area contributed by atoms with Crippen LogP contribution in [0.15, 0.2) is 33.3 Å². The van der Waals surface area contributed by atoms with Crippen LogP contribution in [0.1, 0.15) is 42.8 Å². The maximum absolute atomic E-state index is 6.46. The molecule has 1 aromatic carbocycles. The van der Waals surface area contributed by atoms with Gasteiger partial charge in [0.15, 0.2) is 0 Å². The molecule has 0 aliphatic heterocycles. The minimum absolute atomic E-state index is 0.197. The molecular formula is C14H17Br2N3. The molecule has 0 spiro atoms. The van der Waals surface area contributed by atoms with E-state index in [0.717, 1.165) is 20.2 Å². The first kappa shape index (κ1) is 14.8. The fourth-order valence-electron chi connectivity index (χ4n) is 2.15. The van der Waals surface area contributed by atoms with Crippen LogP contribution < -0.4 is 5.73 Å². The quantitative estimate of drug-likeness (QED) is 0.852. The molecule has 1 heterocycles. The zero-order valence-electron chi connectivity index (χ0n) is 11.2. The van der Waals surface area contributed by atoms with Crippen LogP contribution in [0.25, 0.3) is 0 Å². The van der Waals surface area contributed by atoms with Crippen molar-refractivity contribution in [2.24, 2.45) is 5.73 Å². The third-order valence-electron chi connectivity index (χ3n) is 3.15. The number of benzene rings is 1. The molecule has 2 aromatic rings. The Hall–Kier alpha value is -0.650. The van der Waals surface area contributed by atoms with Crippen LogP contribution in [-0.4, -0.2) is 9.78 Å². The van der Waals surface area contributed by atoms with Crippen LogP contribution in [0.4, 0.5) is 0 Å². The van der Waals surface area contributed by atoms with E-state index in [-0.39, 0.29) is 12.1 Å². The summed E-state index contributed by atoms with van der Waals surface area (Å²) in [6, 6.07) is 6.25. The Bertz CT molecular complexity index is 590. The second kappa shape index (κ2) is 5.77. The number of halogens is 2. The van der Waals surface area contributed by atoms with E-state index in [9.17, 15) is 0 Å². The summed E-state index contributed by atoms with van der Waals surface area (Å²) < 4.78 is 3.96. The van der Waals surface area contributed by atoms with Gasteiger partial charge in [0.2, 0.25) is 0 Å². The molecule has 0 saturated heterocycles. The van der Waals surface area contributed by atoms with Crippen molar-refractivity contribution in [2.75, 3.05) is 0 Å².